The monoisotopic (exact) mass is 276 g/mol. The molecule has 0 atom stereocenters. The first-order valence-electron chi connectivity index (χ1n) is 7.53. The molecule has 20 heavy (non-hydrogen) atoms. The Morgan fingerprint density at radius 3 is 2.75 bits per heavy atom. The molecule has 110 valence electrons. The van der Waals surface area contributed by atoms with Crippen molar-refractivity contribution in [1.29, 1.82) is 0 Å². The molecule has 1 aliphatic carbocycles. The summed E-state index contributed by atoms with van der Waals surface area (Å²) in [5, 5.41) is 6.28. The van der Waals surface area contributed by atoms with Gasteiger partial charge in [-0.1, -0.05) is 20.8 Å². The quantitative estimate of drug-likeness (QED) is 0.838. The molecule has 0 bridgehead atoms. The molecule has 1 fully saturated rings. The average Bonchev–Trinajstić information content (AvgIpc) is 2.40. The number of rotatable bonds is 6. The van der Waals surface area contributed by atoms with Gasteiger partial charge in [0.05, 0.1) is 11.9 Å². The third kappa shape index (κ3) is 3.46. The van der Waals surface area contributed by atoms with Gasteiger partial charge in [-0.15, -0.1) is 0 Å². The van der Waals surface area contributed by atoms with E-state index < -0.39 is 0 Å². The third-order valence-corrected chi connectivity index (χ3v) is 3.54. The topological polar surface area (TPSA) is 66.9 Å². The van der Waals surface area contributed by atoms with Crippen molar-refractivity contribution in [3.05, 3.63) is 17.7 Å². The van der Waals surface area contributed by atoms with Gasteiger partial charge in [0.25, 0.3) is 5.91 Å². The van der Waals surface area contributed by atoms with E-state index in [0.717, 1.165) is 31.5 Å². The number of nitrogens with one attached hydrogen (secondary N) is 2. The lowest BCUT2D eigenvalue weighted by Gasteiger charge is -2.26. The summed E-state index contributed by atoms with van der Waals surface area (Å²) in [7, 11) is 0. The van der Waals surface area contributed by atoms with E-state index in [9.17, 15) is 4.79 Å². The Hall–Kier alpha value is -1.65. The van der Waals surface area contributed by atoms with Crippen LogP contribution in [0.3, 0.4) is 0 Å². The predicted molar refractivity (Wildman–Crippen MR) is 80.0 cm³/mol. The van der Waals surface area contributed by atoms with Crippen LogP contribution in [0.15, 0.2) is 6.20 Å². The minimum absolute atomic E-state index is 0.0856. The van der Waals surface area contributed by atoms with Crippen LogP contribution < -0.4 is 10.6 Å². The van der Waals surface area contributed by atoms with Crippen LogP contribution in [0.4, 0.5) is 5.69 Å². The minimum atomic E-state index is -0.0856. The SMILES string of the molecule is CCCNc1cnc(C(C)C)nc1C(=O)NC1CCC1. The zero-order valence-electron chi connectivity index (χ0n) is 12.6. The third-order valence-electron chi connectivity index (χ3n) is 3.54. The number of amides is 1. The minimum Gasteiger partial charge on any atom is -0.382 e. The summed E-state index contributed by atoms with van der Waals surface area (Å²) in [6.45, 7) is 6.96. The van der Waals surface area contributed by atoms with Gasteiger partial charge in [-0.05, 0) is 25.7 Å². The van der Waals surface area contributed by atoms with Crippen LogP contribution in [0.25, 0.3) is 0 Å². The van der Waals surface area contributed by atoms with Crippen LogP contribution in [0.1, 0.15) is 68.7 Å². The molecule has 1 saturated carbocycles. The highest BCUT2D eigenvalue weighted by Gasteiger charge is 2.23. The molecule has 0 saturated heterocycles. The lowest BCUT2D eigenvalue weighted by Crippen LogP contribution is -2.40. The Labute approximate surface area is 120 Å². The Kier molecular flexibility index (Phi) is 4.93. The molecule has 2 rings (SSSR count). The second-order valence-electron chi connectivity index (χ2n) is 5.67. The van der Waals surface area contributed by atoms with Crippen molar-refractivity contribution in [2.75, 3.05) is 11.9 Å². The van der Waals surface area contributed by atoms with Crippen molar-refractivity contribution in [3.63, 3.8) is 0 Å². The van der Waals surface area contributed by atoms with Gasteiger partial charge in [0, 0.05) is 18.5 Å². The molecule has 0 aliphatic heterocycles. The second-order valence-corrected chi connectivity index (χ2v) is 5.67. The zero-order valence-corrected chi connectivity index (χ0v) is 12.6. The predicted octanol–water partition coefficient (Wildman–Crippen LogP) is 2.70. The molecule has 5 nitrogen and oxygen atoms in total. The molecule has 5 heteroatoms. The molecular formula is C15H24N4O. The van der Waals surface area contributed by atoms with E-state index in [2.05, 4.69) is 27.5 Å². The number of carbonyl (C=O) groups is 1. The Balaban J connectivity index is 2.19. The molecule has 0 unspecified atom stereocenters. The number of anilines is 1. The van der Waals surface area contributed by atoms with Crippen molar-refractivity contribution in [2.45, 2.75) is 58.4 Å². The number of hydrogen-bond donors (Lipinski definition) is 2. The van der Waals surface area contributed by atoms with Crippen LogP contribution in [0, 0.1) is 0 Å². The Morgan fingerprint density at radius 1 is 1.45 bits per heavy atom. The van der Waals surface area contributed by atoms with Crippen molar-refractivity contribution < 1.29 is 4.79 Å². The summed E-state index contributed by atoms with van der Waals surface area (Å²) in [4.78, 5) is 21.1. The summed E-state index contributed by atoms with van der Waals surface area (Å²) in [5.74, 6) is 0.842. The average molecular weight is 276 g/mol. The highest BCUT2D eigenvalue weighted by Crippen LogP contribution is 2.21. The van der Waals surface area contributed by atoms with Gasteiger partial charge < -0.3 is 10.6 Å². The maximum Gasteiger partial charge on any atom is 0.272 e. The van der Waals surface area contributed by atoms with E-state index in [0.29, 0.717) is 17.6 Å². The summed E-state index contributed by atoms with van der Waals surface area (Å²) in [6, 6.07) is 0.319. The Morgan fingerprint density at radius 2 is 2.20 bits per heavy atom. The van der Waals surface area contributed by atoms with Gasteiger partial charge in [-0.2, -0.15) is 0 Å². The highest BCUT2D eigenvalue weighted by atomic mass is 16.2. The van der Waals surface area contributed by atoms with Gasteiger partial charge in [0.2, 0.25) is 0 Å². The van der Waals surface area contributed by atoms with Crippen molar-refractivity contribution in [2.24, 2.45) is 0 Å². The van der Waals surface area contributed by atoms with Gasteiger partial charge in [-0.3, -0.25) is 4.79 Å². The lowest BCUT2D eigenvalue weighted by atomic mass is 9.93. The number of hydrogen-bond acceptors (Lipinski definition) is 4. The van der Waals surface area contributed by atoms with Crippen LogP contribution in [0.5, 0.6) is 0 Å². The van der Waals surface area contributed by atoms with Crippen LogP contribution in [0.2, 0.25) is 0 Å². The number of aromatic nitrogens is 2. The molecule has 0 radical (unpaired) electrons. The summed E-state index contributed by atoms with van der Waals surface area (Å²) < 4.78 is 0. The normalized spacial score (nSPS) is 15.0. The maximum atomic E-state index is 12.4. The standard InChI is InChI=1S/C15H24N4O/c1-4-8-16-12-9-17-14(10(2)3)19-13(12)15(20)18-11-6-5-7-11/h9-11,16H,4-8H2,1-3H3,(H,18,20). The van der Waals surface area contributed by atoms with Crippen molar-refractivity contribution in [3.8, 4) is 0 Å². The van der Waals surface area contributed by atoms with Crippen molar-refractivity contribution >= 4 is 11.6 Å². The molecule has 1 heterocycles. The zero-order chi connectivity index (χ0) is 14.5. The van der Waals surface area contributed by atoms with Gasteiger partial charge in [0.15, 0.2) is 5.69 Å². The first kappa shape index (κ1) is 14.8. The Bertz CT molecular complexity index is 469. The molecule has 1 aliphatic rings. The molecule has 1 amide bonds. The first-order valence-corrected chi connectivity index (χ1v) is 7.53. The van der Waals surface area contributed by atoms with Gasteiger partial charge >= 0.3 is 0 Å². The van der Waals surface area contributed by atoms with E-state index in [1.165, 1.54) is 6.42 Å². The molecule has 0 aromatic carbocycles. The highest BCUT2D eigenvalue weighted by molar-refractivity contribution is 5.97. The fourth-order valence-corrected chi connectivity index (χ4v) is 2.04. The fraction of sp³-hybridized carbons (Fsp3) is 0.667. The van der Waals surface area contributed by atoms with E-state index >= 15 is 0 Å². The summed E-state index contributed by atoms with van der Waals surface area (Å²) in [6.07, 6.45) is 6.08. The smallest absolute Gasteiger partial charge is 0.272 e. The van der Waals surface area contributed by atoms with Crippen molar-refractivity contribution in [1.82, 2.24) is 15.3 Å². The lowest BCUT2D eigenvalue weighted by molar-refractivity contribution is 0.0912. The van der Waals surface area contributed by atoms with E-state index in [1.807, 2.05) is 13.8 Å². The molecular weight excluding hydrogens is 252 g/mol. The fourth-order valence-electron chi connectivity index (χ4n) is 2.04. The largest absolute Gasteiger partial charge is 0.382 e. The van der Waals surface area contributed by atoms with E-state index in [4.69, 9.17) is 0 Å². The van der Waals surface area contributed by atoms with Crippen LogP contribution in [-0.4, -0.2) is 28.5 Å². The number of nitrogens with zero attached hydrogens (tertiary/aromatic N) is 2. The van der Waals surface area contributed by atoms with Crippen LogP contribution in [-0.2, 0) is 0 Å². The number of carbonyl (C=O) groups excluding carboxylic acids is 1. The van der Waals surface area contributed by atoms with Gasteiger partial charge in [-0.25, -0.2) is 9.97 Å². The van der Waals surface area contributed by atoms with E-state index in [-0.39, 0.29) is 11.8 Å². The molecule has 1 aromatic rings. The molecule has 2 N–H and O–H groups in total. The van der Waals surface area contributed by atoms with Gasteiger partial charge in [0.1, 0.15) is 5.82 Å². The molecule has 1 aromatic heterocycles. The summed E-state index contributed by atoms with van der Waals surface area (Å²) >= 11 is 0. The first-order chi connectivity index (χ1) is 9.61. The second kappa shape index (κ2) is 6.68. The molecule has 0 spiro atoms. The summed E-state index contributed by atoms with van der Waals surface area (Å²) in [5.41, 5.74) is 1.21. The van der Waals surface area contributed by atoms with Crippen LogP contribution >= 0.6 is 0 Å². The maximum absolute atomic E-state index is 12.4. The van der Waals surface area contributed by atoms with E-state index in [1.54, 1.807) is 6.20 Å².